The number of ether oxygens (including phenoxy) is 1. The molecular formula is C25H35ClN6O7S. The van der Waals surface area contributed by atoms with Crippen LogP contribution in [0.25, 0.3) is 10.8 Å². The number of hydrazone groups is 1. The van der Waals surface area contributed by atoms with Crippen LogP contribution in [0, 0.1) is 5.92 Å². The molecule has 1 aliphatic heterocycles. The highest BCUT2D eigenvalue weighted by Gasteiger charge is 2.31. The van der Waals surface area contributed by atoms with E-state index in [0.717, 1.165) is 31.9 Å². The third kappa shape index (κ3) is 9.05. The fourth-order valence-electron chi connectivity index (χ4n) is 4.35. The van der Waals surface area contributed by atoms with Crippen LogP contribution in [0.5, 0.6) is 0 Å². The normalized spacial score (nSPS) is 17.1. The molecule has 3 rings (SSSR count). The van der Waals surface area contributed by atoms with Crippen LogP contribution in [0.1, 0.15) is 19.3 Å². The van der Waals surface area contributed by atoms with Crippen LogP contribution >= 0.6 is 12.4 Å². The van der Waals surface area contributed by atoms with Crippen molar-refractivity contribution < 1.29 is 32.6 Å². The number of hydrogen-bond donors (Lipinski definition) is 5. The zero-order valence-corrected chi connectivity index (χ0v) is 23.6. The first-order valence-corrected chi connectivity index (χ1v) is 13.9. The van der Waals surface area contributed by atoms with Gasteiger partial charge in [-0.1, -0.05) is 30.3 Å². The fraction of sp³-hybridized carbons (Fsp3) is 0.440. The summed E-state index contributed by atoms with van der Waals surface area (Å²) in [4.78, 5) is 39.6. The third-order valence-corrected chi connectivity index (χ3v) is 7.86. The number of halogens is 1. The predicted molar refractivity (Wildman–Crippen MR) is 151 cm³/mol. The number of nitrogens with zero attached hydrogens (tertiary/aromatic N) is 2. The highest BCUT2D eigenvalue weighted by molar-refractivity contribution is 7.89. The monoisotopic (exact) mass is 598 g/mol. The summed E-state index contributed by atoms with van der Waals surface area (Å²) in [7, 11) is -3.18. The van der Waals surface area contributed by atoms with E-state index in [1.165, 1.54) is 18.5 Å². The van der Waals surface area contributed by atoms with Gasteiger partial charge in [-0.15, -0.1) is 12.4 Å². The van der Waals surface area contributed by atoms with Crippen LogP contribution in [0.2, 0.25) is 0 Å². The summed E-state index contributed by atoms with van der Waals surface area (Å²) < 4.78 is 33.3. The van der Waals surface area contributed by atoms with Crippen molar-refractivity contribution in [2.75, 3.05) is 33.4 Å². The van der Waals surface area contributed by atoms with Gasteiger partial charge >= 0.3 is 5.97 Å². The van der Waals surface area contributed by atoms with Gasteiger partial charge in [-0.2, -0.15) is 9.82 Å². The Labute approximate surface area is 239 Å². The Kier molecular flexibility index (Phi) is 12.6. The number of fused-ring (bicyclic) bond motifs is 1. The van der Waals surface area contributed by atoms with Crippen LogP contribution in [-0.4, -0.2) is 88.0 Å². The zero-order chi connectivity index (χ0) is 28.4. The summed E-state index contributed by atoms with van der Waals surface area (Å²) in [5, 5.41) is 19.5. The number of piperidine rings is 1. The number of hydrogen-bond acceptors (Lipinski definition) is 9. The van der Waals surface area contributed by atoms with Gasteiger partial charge in [0.2, 0.25) is 21.8 Å². The van der Waals surface area contributed by atoms with Crippen LogP contribution in [-0.2, 0) is 29.1 Å². The summed E-state index contributed by atoms with van der Waals surface area (Å²) in [6.45, 7) is 0.965. The molecule has 0 saturated carbocycles. The lowest BCUT2D eigenvalue weighted by molar-refractivity contribution is -0.146. The molecular weight excluding hydrogens is 564 g/mol. The maximum Gasteiger partial charge on any atom is 0.330 e. The molecule has 0 aromatic heterocycles. The molecule has 2 aromatic rings. The second-order valence-electron chi connectivity index (χ2n) is 9.23. The molecule has 1 heterocycles. The van der Waals surface area contributed by atoms with E-state index < -0.39 is 52.9 Å². The lowest BCUT2D eigenvalue weighted by atomic mass is 9.98. The number of nitrogens with one attached hydrogen (secondary N) is 3. The summed E-state index contributed by atoms with van der Waals surface area (Å²) in [6.07, 6.45) is 2.75. The predicted octanol–water partition coefficient (Wildman–Crippen LogP) is -0.321. The quantitative estimate of drug-likeness (QED) is 0.0715. The van der Waals surface area contributed by atoms with E-state index in [-0.39, 0.29) is 23.2 Å². The number of amides is 2. The number of benzene rings is 2. The van der Waals surface area contributed by atoms with E-state index in [9.17, 15) is 27.9 Å². The van der Waals surface area contributed by atoms with Gasteiger partial charge in [0.1, 0.15) is 12.4 Å². The standard InChI is InChI=1S/C25H34N6O7S.ClH/c1-38-25(35)22(15-32)29-24(34)21(12-23(33)27-13-17-5-4-10-31(14-17)16-28-26)30-39(36,37)20-9-8-18-6-2-3-7-19(18)11-20;/h2-3,6-9,11,16-17,21-22,30,32H,4-5,10,12-15,26H2,1H3,(H,27,33)(H,29,34);1H/t17-,21-,22-;/m0./s1. The maximum atomic E-state index is 13.2. The fourth-order valence-corrected chi connectivity index (χ4v) is 5.58. The maximum absolute atomic E-state index is 13.2. The lowest BCUT2D eigenvalue weighted by Crippen LogP contribution is -2.54. The molecule has 0 spiro atoms. The number of nitrogens with two attached hydrogens (primary N) is 1. The smallest absolute Gasteiger partial charge is 0.330 e. The average molecular weight is 599 g/mol. The number of methoxy groups -OCH3 is 1. The van der Waals surface area contributed by atoms with Crippen molar-refractivity contribution in [2.45, 2.75) is 36.2 Å². The number of carbonyl (C=O) groups is 3. The summed E-state index contributed by atoms with van der Waals surface area (Å²) in [6, 6.07) is 8.64. The summed E-state index contributed by atoms with van der Waals surface area (Å²) in [5.74, 6) is 2.87. The van der Waals surface area contributed by atoms with Crippen LogP contribution in [0.15, 0.2) is 52.5 Å². The number of likely N-dealkylation sites (tertiary alicyclic amines) is 1. The van der Waals surface area contributed by atoms with Crippen molar-refractivity contribution in [1.82, 2.24) is 20.3 Å². The van der Waals surface area contributed by atoms with Gasteiger partial charge in [0.05, 0.1) is 25.0 Å². The molecule has 6 N–H and O–H groups in total. The molecule has 1 fully saturated rings. The minimum absolute atomic E-state index is 0. The minimum Gasteiger partial charge on any atom is -0.467 e. The Balaban J connectivity index is 0.00000560. The molecule has 220 valence electrons. The Morgan fingerprint density at radius 1 is 1.20 bits per heavy atom. The van der Waals surface area contributed by atoms with Crippen molar-refractivity contribution in [2.24, 2.45) is 16.9 Å². The van der Waals surface area contributed by atoms with Gasteiger partial charge in [0.15, 0.2) is 6.04 Å². The van der Waals surface area contributed by atoms with E-state index in [4.69, 9.17) is 5.84 Å². The van der Waals surface area contributed by atoms with E-state index in [0.29, 0.717) is 18.5 Å². The molecule has 1 aliphatic rings. The van der Waals surface area contributed by atoms with E-state index in [1.54, 1.807) is 18.2 Å². The first-order valence-electron chi connectivity index (χ1n) is 12.4. The molecule has 2 aromatic carbocycles. The highest BCUT2D eigenvalue weighted by atomic mass is 35.5. The van der Waals surface area contributed by atoms with Crippen molar-refractivity contribution in [3.8, 4) is 0 Å². The topological polar surface area (TPSA) is 193 Å². The molecule has 13 nitrogen and oxygen atoms in total. The van der Waals surface area contributed by atoms with Gasteiger partial charge < -0.3 is 31.2 Å². The van der Waals surface area contributed by atoms with Gasteiger partial charge in [-0.3, -0.25) is 9.59 Å². The summed E-state index contributed by atoms with van der Waals surface area (Å²) in [5.41, 5.74) is 0. The molecule has 40 heavy (non-hydrogen) atoms. The van der Waals surface area contributed by atoms with Crippen molar-refractivity contribution in [1.29, 1.82) is 0 Å². The zero-order valence-electron chi connectivity index (χ0n) is 22.0. The van der Waals surface area contributed by atoms with Crippen molar-refractivity contribution in [3.05, 3.63) is 42.5 Å². The van der Waals surface area contributed by atoms with Crippen LogP contribution < -0.4 is 21.2 Å². The Bertz CT molecular complexity index is 1310. The lowest BCUT2D eigenvalue weighted by Gasteiger charge is -2.31. The van der Waals surface area contributed by atoms with E-state index in [2.05, 4.69) is 25.2 Å². The Morgan fingerprint density at radius 3 is 2.60 bits per heavy atom. The van der Waals surface area contributed by atoms with Gasteiger partial charge in [-0.05, 0) is 41.7 Å². The molecule has 2 amide bonds. The first kappa shape index (κ1) is 32.8. The van der Waals surface area contributed by atoms with E-state index in [1.807, 2.05) is 17.0 Å². The number of aliphatic hydroxyl groups is 1. The second kappa shape index (κ2) is 15.4. The molecule has 0 unspecified atom stereocenters. The van der Waals surface area contributed by atoms with Crippen molar-refractivity contribution in [3.63, 3.8) is 0 Å². The average Bonchev–Trinajstić information content (AvgIpc) is 2.94. The molecule has 15 heteroatoms. The number of rotatable bonds is 12. The Morgan fingerprint density at radius 2 is 1.93 bits per heavy atom. The Hall–Kier alpha value is -3.46. The van der Waals surface area contributed by atoms with Crippen molar-refractivity contribution >= 4 is 57.3 Å². The molecule has 0 bridgehead atoms. The first-order chi connectivity index (χ1) is 18.7. The second-order valence-corrected chi connectivity index (χ2v) is 10.9. The number of sulfonamides is 1. The third-order valence-electron chi connectivity index (χ3n) is 6.39. The molecule has 1 saturated heterocycles. The molecule has 0 aliphatic carbocycles. The van der Waals surface area contributed by atoms with Gasteiger partial charge in [0, 0.05) is 19.6 Å². The number of esters is 1. The molecule has 0 radical (unpaired) electrons. The largest absolute Gasteiger partial charge is 0.467 e. The van der Waals surface area contributed by atoms with Gasteiger partial charge in [-0.25, -0.2) is 13.2 Å². The SMILES string of the molecule is COC(=O)[C@H](CO)NC(=O)[C@H](CC(=O)NC[C@@H]1CCCN(C=NN)C1)NS(=O)(=O)c1ccc2ccccc2c1.Cl. The highest BCUT2D eigenvalue weighted by Crippen LogP contribution is 2.19. The van der Waals surface area contributed by atoms with Crippen LogP contribution in [0.4, 0.5) is 0 Å². The minimum atomic E-state index is -4.26. The van der Waals surface area contributed by atoms with Crippen LogP contribution in [0.3, 0.4) is 0 Å². The van der Waals surface area contributed by atoms with Gasteiger partial charge in [0.25, 0.3) is 0 Å². The number of aliphatic hydroxyl groups excluding tert-OH is 1. The number of carbonyl (C=O) groups excluding carboxylic acids is 3. The van der Waals surface area contributed by atoms with E-state index >= 15 is 0 Å². The molecule has 3 atom stereocenters. The summed E-state index contributed by atoms with van der Waals surface area (Å²) >= 11 is 0.